The lowest BCUT2D eigenvalue weighted by Crippen LogP contribution is -2.26. The Labute approximate surface area is 158 Å². The van der Waals surface area contributed by atoms with Crippen LogP contribution in [0.1, 0.15) is 23.0 Å². The molecule has 0 spiro atoms. The third-order valence-electron chi connectivity index (χ3n) is 3.80. The van der Waals surface area contributed by atoms with Crippen LogP contribution in [0.4, 0.5) is 0 Å². The highest BCUT2D eigenvalue weighted by Crippen LogP contribution is 2.14. The lowest BCUT2D eigenvalue weighted by Gasteiger charge is -2.16. The van der Waals surface area contributed by atoms with Gasteiger partial charge in [0.25, 0.3) is 0 Å². The van der Waals surface area contributed by atoms with E-state index in [9.17, 15) is 9.59 Å². The Hall–Kier alpha value is -2.18. The molecule has 0 radical (unpaired) electrons. The first-order chi connectivity index (χ1) is 12.5. The Morgan fingerprint density at radius 3 is 2.54 bits per heavy atom. The number of carbonyl (C=O) groups excluding carboxylic acids is 2. The molecule has 0 aliphatic heterocycles. The minimum Gasteiger partial charge on any atom is -0.492 e. The highest BCUT2D eigenvalue weighted by atomic mass is 32.2. The number of likely N-dealkylation sites (N-methyl/N-ethyl adjacent to an activating group) is 1. The number of hydrogen-bond acceptors (Lipinski definition) is 6. The van der Waals surface area contributed by atoms with E-state index < -0.39 is 0 Å². The van der Waals surface area contributed by atoms with E-state index in [1.165, 1.54) is 6.92 Å². The SMILES string of the molecule is CC(=O)SCC(=O)c1ccc(OCCN(C)CCc2ccccn2)cc1. The van der Waals surface area contributed by atoms with Gasteiger partial charge in [-0.3, -0.25) is 14.6 Å². The Balaban J connectivity index is 1.69. The molecule has 1 heterocycles. The van der Waals surface area contributed by atoms with Crippen LogP contribution in [0.3, 0.4) is 0 Å². The van der Waals surface area contributed by atoms with Crippen molar-refractivity contribution in [3.8, 4) is 5.75 Å². The number of Topliss-reactive ketones (excluding diaryl/α,β-unsaturated/α-hetero) is 1. The summed E-state index contributed by atoms with van der Waals surface area (Å²) in [6, 6.07) is 13.0. The summed E-state index contributed by atoms with van der Waals surface area (Å²) in [4.78, 5) is 29.4. The molecule has 6 heteroatoms. The molecule has 0 N–H and O–H groups in total. The van der Waals surface area contributed by atoms with Crippen molar-refractivity contribution in [2.45, 2.75) is 13.3 Å². The second-order valence-corrected chi connectivity index (χ2v) is 7.10. The average molecular weight is 372 g/mol. The van der Waals surface area contributed by atoms with Crippen molar-refractivity contribution in [2.75, 3.05) is 32.5 Å². The monoisotopic (exact) mass is 372 g/mol. The van der Waals surface area contributed by atoms with Crippen LogP contribution < -0.4 is 4.74 Å². The van der Waals surface area contributed by atoms with Gasteiger partial charge in [0.15, 0.2) is 10.9 Å². The zero-order chi connectivity index (χ0) is 18.8. The van der Waals surface area contributed by atoms with Crippen molar-refractivity contribution >= 4 is 22.7 Å². The first-order valence-corrected chi connectivity index (χ1v) is 9.51. The molecule has 138 valence electrons. The van der Waals surface area contributed by atoms with Crippen LogP contribution in [0.5, 0.6) is 5.75 Å². The van der Waals surface area contributed by atoms with Gasteiger partial charge >= 0.3 is 0 Å². The third-order valence-corrected chi connectivity index (χ3v) is 4.61. The van der Waals surface area contributed by atoms with Gasteiger partial charge in [-0.1, -0.05) is 17.8 Å². The standard InChI is InChI=1S/C20H24N2O3S/c1-16(23)26-15-20(24)17-6-8-19(9-7-17)25-14-13-22(2)12-10-18-5-3-4-11-21-18/h3-9,11H,10,12-15H2,1-2H3. The van der Waals surface area contributed by atoms with E-state index >= 15 is 0 Å². The molecule has 2 aromatic rings. The fourth-order valence-corrected chi connectivity index (χ4v) is 2.77. The summed E-state index contributed by atoms with van der Waals surface area (Å²) in [5.41, 5.74) is 1.68. The Kier molecular flexibility index (Phi) is 8.31. The molecule has 1 aromatic heterocycles. The van der Waals surface area contributed by atoms with Gasteiger partial charge < -0.3 is 9.64 Å². The lowest BCUT2D eigenvalue weighted by molar-refractivity contribution is -0.109. The van der Waals surface area contributed by atoms with Gasteiger partial charge in [0.2, 0.25) is 0 Å². The number of ketones is 1. The van der Waals surface area contributed by atoms with E-state index in [1.807, 2.05) is 24.4 Å². The minimum absolute atomic E-state index is 0.0500. The van der Waals surface area contributed by atoms with Gasteiger partial charge in [0, 0.05) is 43.9 Å². The Morgan fingerprint density at radius 2 is 1.88 bits per heavy atom. The van der Waals surface area contributed by atoms with E-state index in [0.717, 1.165) is 42.7 Å². The van der Waals surface area contributed by atoms with Crippen molar-refractivity contribution in [3.63, 3.8) is 0 Å². The number of rotatable bonds is 10. The van der Waals surface area contributed by atoms with Crippen LogP contribution in [0, 0.1) is 0 Å². The highest BCUT2D eigenvalue weighted by Gasteiger charge is 2.08. The molecule has 0 fully saturated rings. The van der Waals surface area contributed by atoms with Gasteiger partial charge in [0.1, 0.15) is 12.4 Å². The average Bonchev–Trinajstić information content (AvgIpc) is 2.66. The lowest BCUT2D eigenvalue weighted by atomic mass is 10.1. The summed E-state index contributed by atoms with van der Waals surface area (Å²) >= 11 is 1.03. The van der Waals surface area contributed by atoms with Crippen molar-refractivity contribution in [3.05, 3.63) is 59.9 Å². The molecule has 0 aliphatic carbocycles. The van der Waals surface area contributed by atoms with E-state index in [-0.39, 0.29) is 16.7 Å². The van der Waals surface area contributed by atoms with E-state index in [1.54, 1.807) is 24.3 Å². The van der Waals surface area contributed by atoms with Gasteiger partial charge in [-0.05, 0) is 43.4 Å². The van der Waals surface area contributed by atoms with Gasteiger partial charge in [-0.2, -0.15) is 0 Å². The number of carbonyl (C=O) groups is 2. The van der Waals surface area contributed by atoms with Crippen molar-refractivity contribution < 1.29 is 14.3 Å². The molecule has 5 nitrogen and oxygen atoms in total. The number of ether oxygens (including phenoxy) is 1. The molecule has 26 heavy (non-hydrogen) atoms. The zero-order valence-electron chi connectivity index (χ0n) is 15.2. The summed E-state index contributed by atoms with van der Waals surface area (Å²) in [5.74, 6) is 0.862. The molecular formula is C20H24N2O3S. The maximum atomic E-state index is 11.9. The number of pyridine rings is 1. The Morgan fingerprint density at radius 1 is 1.12 bits per heavy atom. The van der Waals surface area contributed by atoms with Gasteiger partial charge in [0.05, 0.1) is 5.75 Å². The predicted octanol–water partition coefficient (Wildman–Crippen LogP) is 3.10. The summed E-state index contributed by atoms with van der Waals surface area (Å²) < 4.78 is 5.73. The third kappa shape index (κ3) is 7.37. The van der Waals surface area contributed by atoms with Crippen molar-refractivity contribution in [1.29, 1.82) is 0 Å². The molecule has 0 saturated heterocycles. The van der Waals surface area contributed by atoms with E-state index in [2.05, 4.69) is 16.9 Å². The van der Waals surface area contributed by atoms with Crippen LogP contribution in [0.25, 0.3) is 0 Å². The molecule has 0 unspecified atom stereocenters. The largest absolute Gasteiger partial charge is 0.492 e. The van der Waals surface area contributed by atoms with Crippen molar-refractivity contribution in [2.24, 2.45) is 0 Å². The molecule has 0 atom stereocenters. The summed E-state index contributed by atoms with van der Waals surface area (Å²) in [6.45, 7) is 3.76. The maximum Gasteiger partial charge on any atom is 0.186 e. The van der Waals surface area contributed by atoms with E-state index in [0.29, 0.717) is 12.2 Å². The number of thioether (sulfide) groups is 1. The summed E-state index contributed by atoms with van der Waals surface area (Å²) in [5, 5.41) is -0.0505. The quantitative estimate of drug-likeness (QED) is 0.597. The van der Waals surface area contributed by atoms with Crippen molar-refractivity contribution in [1.82, 2.24) is 9.88 Å². The van der Waals surface area contributed by atoms with Gasteiger partial charge in [-0.25, -0.2) is 0 Å². The molecule has 1 aromatic carbocycles. The number of benzene rings is 1. The first-order valence-electron chi connectivity index (χ1n) is 8.52. The molecule has 0 bridgehead atoms. The number of nitrogens with zero attached hydrogens (tertiary/aromatic N) is 2. The van der Waals surface area contributed by atoms with E-state index in [4.69, 9.17) is 4.74 Å². The fraction of sp³-hybridized carbons (Fsp3) is 0.350. The highest BCUT2D eigenvalue weighted by molar-refractivity contribution is 8.14. The molecule has 0 saturated carbocycles. The van der Waals surface area contributed by atoms with Crippen LogP contribution in [0.15, 0.2) is 48.7 Å². The maximum absolute atomic E-state index is 11.9. The molecule has 0 aliphatic rings. The zero-order valence-corrected chi connectivity index (χ0v) is 16.0. The number of aromatic nitrogens is 1. The van der Waals surface area contributed by atoms with Crippen LogP contribution in [-0.2, 0) is 11.2 Å². The smallest absolute Gasteiger partial charge is 0.186 e. The molecule has 2 rings (SSSR count). The fourth-order valence-electron chi connectivity index (χ4n) is 2.27. The predicted molar refractivity (Wildman–Crippen MR) is 105 cm³/mol. The normalized spacial score (nSPS) is 10.7. The minimum atomic E-state index is -0.0505. The second kappa shape index (κ2) is 10.7. The van der Waals surface area contributed by atoms with Crippen LogP contribution in [0.2, 0.25) is 0 Å². The first kappa shape index (κ1) is 20.1. The van der Waals surface area contributed by atoms with Crippen LogP contribution >= 0.6 is 11.8 Å². The summed E-state index contributed by atoms with van der Waals surface area (Å²) in [6.07, 6.45) is 2.72. The number of hydrogen-bond donors (Lipinski definition) is 0. The Bertz CT molecular complexity index is 705. The molecule has 0 amide bonds. The second-order valence-electron chi connectivity index (χ2n) is 5.95. The molecular weight excluding hydrogens is 348 g/mol. The summed E-state index contributed by atoms with van der Waals surface area (Å²) in [7, 11) is 2.06. The topological polar surface area (TPSA) is 59.5 Å². The van der Waals surface area contributed by atoms with Crippen LogP contribution in [-0.4, -0.2) is 53.3 Å². The van der Waals surface area contributed by atoms with Gasteiger partial charge in [-0.15, -0.1) is 0 Å².